The summed E-state index contributed by atoms with van der Waals surface area (Å²) in [5, 5.41) is 8.13. The van der Waals surface area contributed by atoms with Crippen molar-refractivity contribution in [3.8, 4) is 5.75 Å². The third-order valence-electron chi connectivity index (χ3n) is 7.97. The van der Waals surface area contributed by atoms with Gasteiger partial charge in [0.25, 0.3) is 0 Å². The summed E-state index contributed by atoms with van der Waals surface area (Å²) in [6.07, 6.45) is 1.55. The number of amides is 5. The molecule has 1 fully saturated rings. The van der Waals surface area contributed by atoms with Gasteiger partial charge in [-0.2, -0.15) is 0 Å². The van der Waals surface area contributed by atoms with E-state index >= 15 is 0 Å². The molecule has 236 valence electrons. The van der Waals surface area contributed by atoms with E-state index in [1.54, 1.807) is 35.2 Å². The highest BCUT2D eigenvalue weighted by molar-refractivity contribution is 5.96. The van der Waals surface area contributed by atoms with Gasteiger partial charge in [-0.1, -0.05) is 24.3 Å². The van der Waals surface area contributed by atoms with Gasteiger partial charge >= 0.3 is 6.09 Å². The minimum Gasteiger partial charge on any atom is -0.494 e. The molecular formula is C32H41N5O7. The molecule has 2 heterocycles. The molecule has 3 atom stereocenters. The number of nitrogens with one attached hydrogen (secondary N) is 3. The Hall–Kier alpha value is -4.61. The summed E-state index contributed by atoms with van der Waals surface area (Å²) in [7, 11) is 1.22. The number of carbonyl (C=O) groups excluding carboxylic acids is 5. The molecule has 2 aromatic rings. The number of nitrogens with zero attached hydrogens (tertiary/aromatic N) is 2. The lowest BCUT2D eigenvalue weighted by molar-refractivity contribution is -0.138. The van der Waals surface area contributed by atoms with Crippen LogP contribution in [0.3, 0.4) is 0 Å². The van der Waals surface area contributed by atoms with Crippen LogP contribution in [0.15, 0.2) is 48.5 Å². The lowest BCUT2D eigenvalue weighted by atomic mass is 9.94. The molecule has 4 bridgehead atoms. The lowest BCUT2D eigenvalue weighted by Gasteiger charge is -2.34. The fourth-order valence-electron chi connectivity index (χ4n) is 5.52. The van der Waals surface area contributed by atoms with Crippen LogP contribution in [0.5, 0.6) is 5.75 Å². The van der Waals surface area contributed by atoms with Gasteiger partial charge in [0.05, 0.1) is 26.7 Å². The van der Waals surface area contributed by atoms with E-state index in [0.29, 0.717) is 31.1 Å². The molecule has 0 spiro atoms. The number of hydrogen-bond acceptors (Lipinski definition) is 7. The number of piperidine rings is 1. The topological polar surface area (TPSA) is 146 Å². The number of aryl methyl sites for hydroxylation is 1. The number of para-hydroxylation sites is 1. The molecular weight excluding hydrogens is 566 g/mol. The van der Waals surface area contributed by atoms with Crippen LogP contribution in [0.25, 0.3) is 0 Å². The first-order valence-corrected chi connectivity index (χ1v) is 14.9. The van der Waals surface area contributed by atoms with Gasteiger partial charge in [0.15, 0.2) is 0 Å². The maximum atomic E-state index is 13.7. The highest BCUT2D eigenvalue weighted by Gasteiger charge is 2.33. The van der Waals surface area contributed by atoms with Crippen molar-refractivity contribution in [1.82, 2.24) is 20.9 Å². The fourth-order valence-corrected chi connectivity index (χ4v) is 5.52. The van der Waals surface area contributed by atoms with Gasteiger partial charge in [-0.25, -0.2) is 4.79 Å². The first-order valence-electron chi connectivity index (χ1n) is 14.9. The molecule has 0 radical (unpaired) electrons. The summed E-state index contributed by atoms with van der Waals surface area (Å²) in [4.78, 5) is 68.5. The normalized spacial score (nSPS) is 21.5. The van der Waals surface area contributed by atoms with Crippen molar-refractivity contribution in [2.45, 2.75) is 58.2 Å². The number of rotatable bonds is 4. The first-order chi connectivity index (χ1) is 21.1. The highest BCUT2D eigenvalue weighted by atomic mass is 16.5. The maximum absolute atomic E-state index is 13.7. The van der Waals surface area contributed by atoms with E-state index in [4.69, 9.17) is 9.47 Å². The molecule has 0 aliphatic carbocycles. The second-order valence-corrected chi connectivity index (χ2v) is 11.2. The summed E-state index contributed by atoms with van der Waals surface area (Å²) in [6.45, 7) is 4.62. The summed E-state index contributed by atoms with van der Waals surface area (Å²) < 4.78 is 11.0. The number of hydrogen-bond donors (Lipinski definition) is 3. The summed E-state index contributed by atoms with van der Waals surface area (Å²) in [5.74, 6) is -1.13. The zero-order chi connectivity index (χ0) is 31.6. The van der Waals surface area contributed by atoms with Crippen LogP contribution in [0.1, 0.15) is 43.7 Å². The van der Waals surface area contributed by atoms with E-state index in [2.05, 4.69) is 16.0 Å². The molecule has 1 saturated heterocycles. The van der Waals surface area contributed by atoms with Gasteiger partial charge in [0, 0.05) is 32.2 Å². The van der Waals surface area contributed by atoms with Gasteiger partial charge in [0.1, 0.15) is 17.8 Å². The van der Waals surface area contributed by atoms with Crippen LogP contribution in [0.4, 0.5) is 10.5 Å². The minimum absolute atomic E-state index is 0.142. The zero-order valence-electron chi connectivity index (χ0n) is 25.5. The average Bonchev–Trinajstić information content (AvgIpc) is 3.02. The SMILES string of the molecule is COC(=O)N(CC1NC(=O)[C@@H](NC(C)=O)CC(=O)N2CCCC(CCOc3ccc(C)c(c3)CNC1=O)C2)c1ccccc1. The average molecular weight is 608 g/mol. The quantitative estimate of drug-likeness (QED) is 0.483. The van der Waals surface area contributed by atoms with Crippen molar-refractivity contribution in [1.29, 1.82) is 0 Å². The van der Waals surface area contributed by atoms with Gasteiger partial charge < -0.3 is 30.3 Å². The Balaban J connectivity index is 1.67. The fraction of sp³-hybridized carbons (Fsp3) is 0.469. The van der Waals surface area contributed by atoms with Crippen LogP contribution in [-0.4, -0.2) is 80.1 Å². The Labute approximate surface area is 257 Å². The molecule has 2 aliphatic heterocycles. The molecule has 2 unspecified atom stereocenters. The minimum atomic E-state index is -1.26. The Morgan fingerprint density at radius 3 is 2.59 bits per heavy atom. The van der Waals surface area contributed by atoms with Crippen molar-refractivity contribution in [3.63, 3.8) is 0 Å². The van der Waals surface area contributed by atoms with Crippen molar-refractivity contribution >= 4 is 35.4 Å². The summed E-state index contributed by atoms with van der Waals surface area (Å²) in [6, 6.07) is 11.8. The number of carbonyl (C=O) groups is 5. The second-order valence-electron chi connectivity index (χ2n) is 11.2. The van der Waals surface area contributed by atoms with Crippen LogP contribution >= 0.6 is 0 Å². The highest BCUT2D eigenvalue weighted by Crippen LogP contribution is 2.23. The Morgan fingerprint density at radius 2 is 1.86 bits per heavy atom. The molecule has 44 heavy (non-hydrogen) atoms. The molecule has 5 amide bonds. The Morgan fingerprint density at radius 1 is 1.09 bits per heavy atom. The molecule has 0 saturated carbocycles. The molecule has 12 nitrogen and oxygen atoms in total. The van der Waals surface area contributed by atoms with Gasteiger partial charge in [-0.05, 0) is 67.5 Å². The summed E-state index contributed by atoms with van der Waals surface area (Å²) in [5.41, 5.74) is 2.23. The molecule has 0 aromatic heterocycles. The van der Waals surface area contributed by atoms with E-state index in [1.165, 1.54) is 18.9 Å². The standard InChI is InChI=1S/C32H41N5O7/c1-21-11-12-26-16-24(21)18-33-30(40)28(20-37(32(42)43-3)25-9-5-4-6-10-25)35-31(41)27(34-22(2)38)17-29(39)36-14-7-8-23(19-36)13-15-44-26/h4-6,9-12,16,23,27-28H,7-8,13-15,17-20H2,1-3H3,(H,33,40)(H,34,38)(H,35,41)/t23?,27-,28?/m0/s1. The van der Waals surface area contributed by atoms with Gasteiger partial charge in [-0.3, -0.25) is 24.1 Å². The summed E-state index contributed by atoms with van der Waals surface area (Å²) >= 11 is 0. The smallest absolute Gasteiger partial charge is 0.414 e. The van der Waals surface area contributed by atoms with Crippen molar-refractivity contribution in [2.24, 2.45) is 5.92 Å². The van der Waals surface area contributed by atoms with Crippen LogP contribution in [0, 0.1) is 12.8 Å². The predicted molar refractivity (Wildman–Crippen MR) is 163 cm³/mol. The second kappa shape index (κ2) is 15.2. The predicted octanol–water partition coefficient (Wildman–Crippen LogP) is 2.28. The number of ether oxygens (including phenoxy) is 2. The Kier molecular flexibility index (Phi) is 11.2. The van der Waals surface area contributed by atoms with Crippen LogP contribution in [-0.2, 0) is 30.5 Å². The molecule has 4 rings (SSSR count). The number of fused-ring (bicyclic) bond motifs is 4. The van der Waals surface area contributed by atoms with E-state index < -0.39 is 35.9 Å². The van der Waals surface area contributed by atoms with Crippen LogP contribution < -0.4 is 25.6 Å². The van der Waals surface area contributed by atoms with E-state index in [1.807, 2.05) is 25.1 Å². The third-order valence-corrected chi connectivity index (χ3v) is 7.97. The van der Waals surface area contributed by atoms with Crippen molar-refractivity contribution in [3.05, 3.63) is 59.7 Å². The van der Waals surface area contributed by atoms with E-state index in [9.17, 15) is 24.0 Å². The molecule has 12 heteroatoms. The first kappa shape index (κ1) is 32.3. The lowest BCUT2D eigenvalue weighted by Crippen LogP contribution is -2.58. The maximum Gasteiger partial charge on any atom is 0.414 e. The molecule has 2 aliphatic rings. The monoisotopic (exact) mass is 607 g/mol. The van der Waals surface area contributed by atoms with Crippen molar-refractivity contribution < 1.29 is 33.4 Å². The molecule has 3 N–H and O–H groups in total. The largest absolute Gasteiger partial charge is 0.494 e. The number of benzene rings is 2. The zero-order valence-corrected chi connectivity index (χ0v) is 25.5. The molecule has 2 aromatic carbocycles. The van der Waals surface area contributed by atoms with Gasteiger partial charge in [0.2, 0.25) is 23.6 Å². The third kappa shape index (κ3) is 8.71. The van der Waals surface area contributed by atoms with E-state index in [-0.39, 0.29) is 31.3 Å². The van der Waals surface area contributed by atoms with E-state index in [0.717, 1.165) is 30.4 Å². The van der Waals surface area contributed by atoms with Crippen molar-refractivity contribution in [2.75, 3.05) is 38.3 Å². The number of methoxy groups -OCH3 is 1. The number of anilines is 1. The van der Waals surface area contributed by atoms with Gasteiger partial charge in [-0.15, -0.1) is 0 Å². The van der Waals surface area contributed by atoms with Crippen LogP contribution in [0.2, 0.25) is 0 Å². The Bertz CT molecular complexity index is 1350.